The summed E-state index contributed by atoms with van der Waals surface area (Å²) in [6.07, 6.45) is -0.00138. The van der Waals surface area contributed by atoms with Crippen molar-refractivity contribution in [3.8, 4) is 5.75 Å². The van der Waals surface area contributed by atoms with E-state index in [1.54, 1.807) is 18.7 Å². The van der Waals surface area contributed by atoms with Crippen LogP contribution < -0.4 is 10.3 Å². The highest BCUT2D eigenvalue weighted by Crippen LogP contribution is 2.30. The molecule has 1 aliphatic rings. The van der Waals surface area contributed by atoms with Gasteiger partial charge in [-0.1, -0.05) is 18.2 Å². The third-order valence-corrected chi connectivity index (χ3v) is 5.81. The molecule has 7 heteroatoms. The molecule has 1 N–H and O–H groups in total. The van der Waals surface area contributed by atoms with Gasteiger partial charge >= 0.3 is 0 Å². The topological polar surface area (TPSA) is 75.3 Å². The molecule has 3 heterocycles. The van der Waals surface area contributed by atoms with Crippen LogP contribution >= 0.6 is 11.3 Å². The molecule has 0 aliphatic carbocycles. The molecule has 0 unspecified atom stereocenters. The average Bonchev–Trinajstić information content (AvgIpc) is 2.88. The van der Waals surface area contributed by atoms with Crippen LogP contribution in [0.1, 0.15) is 26.6 Å². The Kier molecular flexibility index (Phi) is 4.03. The van der Waals surface area contributed by atoms with Crippen LogP contribution in [0.5, 0.6) is 5.75 Å². The van der Waals surface area contributed by atoms with Crippen LogP contribution in [0, 0.1) is 20.8 Å². The number of thiophene rings is 1. The maximum atomic E-state index is 12.8. The van der Waals surface area contributed by atoms with E-state index in [0.717, 1.165) is 11.3 Å². The molecular weight excluding hydrogens is 350 g/mol. The highest BCUT2D eigenvalue weighted by molar-refractivity contribution is 7.20. The van der Waals surface area contributed by atoms with Crippen molar-refractivity contribution in [2.75, 3.05) is 13.1 Å². The molecule has 0 radical (unpaired) electrons. The standard InChI is InChI=1S/C19H19N3O3S/c1-10-6-4-5-7-14(10)25-13-8-22(9-13)19(24)16-11(2)15-17(23)20-12(3)21-18(15)26-16/h4-7,13H,8-9H2,1-3H3,(H,20,21,23). The number of aromatic nitrogens is 2. The SMILES string of the molecule is Cc1nc2sc(C(=O)N3CC(Oc4ccccc4C)C3)c(C)c2c(=O)[nH]1. The number of likely N-dealkylation sites (tertiary alicyclic amines) is 1. The fourth-order valence-corrected chi connectivity index (χ4v) is 4.34. The maximum absolute atomic E-state index is 12.8. The number of H-pyrrole nitrogens is 1. The summed E-state index contributed by atoms with van der Waals surface area (Å²) in [6.45, 7) is 6.64. The molecule has 0 bridgehead atoms. The summed E-state index contributed by atoms with van der Waals surface area (Å²) in [5, 5.41) is 0.511. The predicted octanol–water partition coefficient (Wildman–Crippen LogP) is 2.81. The molecule has 6 nitrogen and oxygen atoms in total. The Morgan fingerprint density at radius 3 is 2.73 bits per heavy atom. The Bertz CT molecular complexity index is 1060. The molecule has 1 aliphatic heterocycles. The number of carbonyl (C=O) groups is 1. The largest absolute Gasteiger partial charge is 0.486 e. The first kappa shape index (κ1) is 16.8. The van der Waals surface area contributed by atoms with E-state index >= 15 is 0 Å². The van der Waals surface area contributed by atoms with Gasteiger partial charge in [0.1, 0.15) is 22.5 Å². The lowest BCUT2D eigenvalue weighted by atomic mass is 10.1. The Labute approximate surface area is 154 Å². The van der Waals surface area contributed by atoms with E-state index < -0.39 is 0 Å². The normalized spacial score (nSPS) is 14.5. The van der Waals surface area contributed by atoms with Crippen molar-refractivity contribution in [2.24, 2.45) is 0 Å². The number of nitrogens with zero attached hydrogens (tertiary/aromatic N) is 2. The summed E-state index contributed by atoms with van der Waals surface area (Å²) < 4.78 is 5.96. The minimum atomic E-state index is -0.190. The van der Waals surface area contributed by atoms with E-state index in [0.29, 0.717) is 39.6 Å². The smallest absolute Gasteiger partial charge is 0.264 e. The van der Waals surface area contributed by atoms with Crippen molar-refractivity contribution in [3.05, 3.63) is 56.4 Å². The van der Waals surface area contributed by atoms with Gasteiger partial charge in [0.25, 0.3) is 11.5 Å². The number of carbonyl (C=O) groups excluding carboxylic acids is 1. The van der Waals surface area contributed by atoms with Crippen LogP contribution in [0.4, 0.5) is 0 Å². The summed E-state index contributed by atoms with van der Waals surface area (Å²) in [5.41, 5.74) is 1.59. The first-order valence-corrected chi connectivity index (χ1v) is 9.27. The molecule has 0 saturated carbocycles. The molecular formula is C19H19N3O3S. The van der Waals surface area contributed by atoms with E-state index in [4.69, 9.17) is 4.74 Å². The zero-order valence-electron chi connectivity index (χ0n) is 14.8. The molecule has 1 fully saturated rings. The molecule has 26 heavy (non-hydrogen) atoms. The van der Waals surface area contributed by atoms with Crippen LogP contribution in [0.25, 0.3) is 10.2 Å². The summed E-state index contributed by atoms with van der Waals surface area (Å²) in [7, 11) is 0. The summed E-state index contributed by atoms with van der Waals surface area (Å²) in [5.74, 6) is 1.35. The zero-order chi connectivity index (χ0) is 18.4. The second-order valence-electron chi connectivity index (χ2n) is 6.60. The first-order chi connectivity index (χ1) is 12.4. The number of aromatic amines is 1. The Hall–Kier alpha value is -2.67. The van der Waals surface area contributed by atoms with Gasteiger partial charge in [0.15, 0.2) is 0 Å². The Morgan fingerprint density at radius 2 is 2.00 bits per heavy atom. The highest BCUT2D eigenvalue weighted by atomic mass is 32.1. The van der Waals surface area contributed by atoms with Gasteiger partial charge in [-0.15, -0.1) is 11.3 Å². The van der Waals surface area contributed by atoms with Gasteiger partial charge in [-0.2, -0.15) is 0 Å². The van der Waals surface area contributed by atoms with Gasteiger partial charge < -0.3 is 14.6 Å². The molecule has 1 saturated heterocycles. The quantitative estimate of drug-likeness (QED) is 0.770. The summed E-state index contributed by atoms with van der Waals surface area (Å²) in [4.78, 5) is 35.0. The average molecular weight is 369 g/mol. The number of rotatable bonds is 3. The van der Waals surface area contributed by atoms with Crippen LogP contribution in [0.3, 0.4) is 0 Å². The minimum Gasteiger partial charge on any atom is -0.486 e. The van der Waals surface area contributed by atoms with Crippen molar-refractivity contribution < 1.29 is 9.53 Å². The van der Waals surface area contributed by atoms with Crippen LogP contribution in [0.2, 0.25) is 0 Å². The molecule has 1 amide bonds. The van der Waals surface area contributed by atoms with Gasteiger partial charge in [0.2, 0.25) is 0 Å². The van der Waals surface area contributed by atoms with E-state index in [9.17, 15) is 9.59 Å². The third-order valence-electron chi connectivity index (χ3n) is 4.64. The number of amides is 1. The van der Waals surface area contributed by atoms with Gasteiger partial charge in [-0.05, 0) is 38.0 Å². The molecule has 4 rings (SSSR count). The molecule has 134 valence electrons. The second kappa shape index (κ2) is 6.25. The Morgan fingerprint density at radius 1 is 1.27 bits per heavy atom. The maximum Gasteiger partial charge on any atom is 0.264 e. The van der Waals surface area contributed by atoms with Crippen LogP contribution in [0.15, 0.2) is 29.1 Å². The lowest BCUT2D eigenvalue weighted by Crippen LogP contribution is -2.56. The van der Waals surface area contributed by atoms with Gasteiger partial charge in [-0.25, -0.2) is 4.98 Å². The summed E-state index contributed by atoms with van der Waals surface area (Å²) >= 11 is 1.28. The van der Waals surface area contributed by atoms with Gasteiger partial charge in [0, 0.05) is 0 Å². The lowest BCUT2D eigenvalue weighted by molar-refractivity contribution is 0.0179. The Balaban J connectivity index is 1.51. The fourth-order valence-electron chi connectivity index (χ4n) is 3.15. The molecule has 2 aromatic heterocycles. The van der Waals surface area contributed by atoms with Crippen molar-refractivity contribution in [1.82, 2.24) is 14.9 Å². The molecule has 0 spiro atoms. The number of hydrogen-bond donors (Lipinski definition) is 1. The first-order valence-electron chi connectivity index (χ1n) is 8.45. The number of para-hydroxylation sites is 1. The van der Waals surface area contributed by atoms with E-state index in [2.05, 4.69) is 9.97 Å². The van der Waals surface area contributed by atoms with Crippen LogP contribution in [-0.2, 0) is 0 Å². The minimum absolute atomic E-state index is 0.00138. The zero-order valence-corrected chi connectivity index (χ0v) is 15.6. The molecule has 1 aromatic carbocycles. The van der Waals surface area contributed by atoms with Crippen LogP contribution in [-0.4, -0.2) is 40.0 Å². The molecule has 0 atom stereocenters. The van der Waals surface area contributed by atoms with E-state index in [1.807, 2.05) is 31.2 Å². The second-order valence-corrected chi connectivity index (χ2v) is 7.60. The van der Waals surface area contributed by atoms with Crippen molar-refractivity contribution >= 4 is 27.5 Å². The summed E-state index contributed by atoms with van der Waals surface area (Å²) in [6, 6.07) is 7.86. The van der Waals surface area contributed by atoms with Crippen molar-refractivity contribution in [1.29, 1.82) is 0 Å². The van der Waals surface area contributed by atoms with Gasteiger partial charge in [-0.3, -0.25) is 9.59 Å². The van der Waals surface area contributed by atoms with Crippen molar-refractivity contribution in [3.63, 3.8) is 0 Å². The van der Waals surface area contributed by atoms with E-state index in [-0.39, 0.29) is 17.6 Å². The number of aryl methyl sites for hydroxylation is 3. The van der Waals surface area contributed by atoms with E-state index in [1.165, 1.54) is 11.3 Å². The fraction of sp³-hybridized carbons (Fsp3) is 0.316. The third kappa shape index (κ3) is 2.78. The predicted molar refractivity (Wildman–Crippen MR) is 101 cm³/mol. The number of hydrogen-bond acceptors (Lipinski definition) is 5. The monoisotopic (exact) mass is 369 g/mol. The number of nitrogens with one attached hydrogen (secondary N) is 1. The number of ether oxygens (including phenoxy) is 1. The van der Waals surface area contributed by atoms with Gasteiger partial charge in [0.05, 0.1) is 23.4 Å². The number of benzene rings is 1. The lowest BCUT2D eigenvalue weighted by Gasteiger charge is -2.39. The van der Waals surface area contributed by atoms with Crippen molar-refractivity contribution in [2.45, 2.75) is 26.9 Å². The number of fused-ring (bicyclic) bond motifs is 1. The highest BCUT2D eigenvalue weighted by Gasteiger charge is 2.35. The molecule has 3 aromatic rings.